The van der Waals surface area contributed by atoms with Crippen LogP contribution < -0.4 is 15.5 Å². The summed E-state index contributed by atoms with van der Waals surface area (Å²) in [6, 6.07) is 5.02. The van der Waals surface area contributed by atoms with Gasteiger partial charge >= 0.3 is 6.09 Å². The molecule has 1 aliphatic heterocycles. The summed E-state index contributed by atoms with van der Waals surface area (Å²) < 4.78 is 6.41. The highest BCUT2D eigenvalue weighted by atomic mass is 79.9. The fourth-order valence-electron chi connectivity index (χ4n) is 3.86. The summed E-state index contributed by atoms with van der Waals surface area (Å²) in [5.74, 6) is -0.356. The molecular weight excluding hydrogens is 488 g/mol. The highest BCUT2D eigenvalue weighted by Gasteiger charge is 2.34. The van der Waals surface area contributed by atoms with Gasteiger partial charge in [-0.25, -0.2) is 9.78 Å². The number of pyridine rings is 2. The van der Waals surface area contributed by atoms with Gasteiger partial charge in [0.2, 0.25) is 0 Å². The van der Waals surface area contributed by atoms with Crippen molar-refractivity contribution < 1.29 is 14.3 Å². The molecule has 1 aliphatic rings. The lowest BCUT2D eigenvalue weighted by Gasteiger charge is -2.36. The Hall–Kier alpha value is -2.98. The number of carbonyl (C=O) groups is 2. The Kier molecular flexibility index (Phi) is 6.66. The number of halogens is 1. The van der Waals surface area contributed by atoms with Crippen molar-refractivity contribution in [2.45, 2.75) is 45.3 Å². The third kappa shape index (κ3) is 5.17. The third-order valence-corrected chi connectivity index (χ3v) is 5.82. The lowest BCUT2D eigenvalue weighted by molar-refractivity contribution is 0.0560. The Morgan fingerprint density at radius 2 is 2.09 bits per heavy atom. The molecular formula is C23H27BrN6O3. The molecule has 9 nitrogen and oxygen atoms in total. The average Bonchev–Trinajstić information content (AvgIpc) is 3.18. The van der Waals surface area contributed by atoms with Gasteiger partial charge in [0.05, 0.1) is 27.3 Å². The van der Waals surface area contributed by atoms with Crippen LogP contribution in [0.4, 0.5) is 16.2 Å². The molecule has 4 rings (SSSR count). The minimum atomic E-state index is -0.662. The van der Waals surface area contributed by atoms with Gasteiger partial charge in [0, 0.05) is 25.1 Å². The van der Waals surface area contributed by atoms with Gasteiger partial charge < -0.3 is 20.4 Å². The summed E-state index contributed by atoms with van der Waals surface area (Å²) in [6.45, 7) is 7.06. The molecule has 1 fully saturated rings. The largest absolute Gasteiger partial charge is 0.443 e. The Morgan fingerprint density at radius 3 is 2.76 bits per heavy atom. The number of hydrogen-bond donors (Lipinski definition) is 3. The van der Waals surface area contributed by atoms with Gasteiger partial charge in [-0.15, -0.1) is 0 Å². The molecule has 3 aromatic heterocycles. The van der Waals surface area contributed by atoms with E-state index in [1.807, 2.05) is 20.8 Å². The first-order chi connectivity index (χ1) is 15.7. The minimum Gasteiger partial charge on any atom is -0.443 e. The molecule has 3 aromatic rings. The summed E-state index contributed by atoms with van der Waals surface area (Å²) in [6.07, 6.45) is 6.18. The molecule has 0 unspecified atom stereocenters. The van der Waals surface area contributed by atoms with Crippen molar-refractivity contribution in [3.63, 3.8) is 0 Å². The van der Waals surface area contributed by atoms with E-state index in [0.717, 1.165) is 19.4 Å². The second-order valence-corrected chi connectivity index (χ2v) is 9.75. The molecule has 33 heavy (non-hydrogen) atoms. The maximum Gasteiger partial charge on any atom is 0.415 e. The van der Waals surface area contributed by atoms with E-state index < -0.39 is 11.7 Å². The van der Waals surface area contributed by atoms with Gasteiger partial charge in [-0.05, 0) is 68.2 Å². The van der Waals surface area contributed by atoms with Crippen LogP contribution in [0.25, 0.3) is 11.0 Å². The number of carbonyl (C=O) groups excluding carboxylic acids is 2. The van der Waals surface area contributed by atoms with Crippen LogP contribution in [-0.2, 0) is 4.74 Å². The zero-order chi connectivity index (χ0) is 23.6. The maximum absolute atomic E-state index is 13.5. The Labute approximate surface area is 200 Å². The molecule has 0 spiro atoms. The minimum absolute atomic E-state index is 0.121. The number of nitrogens with zero attached hydrogens (tertiary/aromatic N) is 3. The average molecular weight is 515 g/mol. The number of anilines is 2. The first-order valence-corrected chi connectivity index (χ1v) is 11.6. The summed E-state index contributed by atoms with van der Waals surface area (Å²) in [5.41, 5.74) is 1.27. The van der Waals surface area contributed by atoms with E-state index in [2.05, 4.69) is 41.5 Å². The zero-order valence-electron chi connectivity index (χ0n) is 18.8. The standard InChI is InChI=1S/C23H27BrN6O3/c1-23(2,3)33-22(32)30(14-7-6-9-25-11-14)19-15(24)12-27-20-18(19)17(13-28-20)29-21(31)16-8-4-5-10-26-16/h4-5,8,10,12-14,25H,6-7,9,11H2,1-3H3,(H,27,28)(H,29,31)/t14-/m1/s1. The lowest BCUT2D eigenvalue weighted by atomic mass is 10.0. The molecule has 0 bridgehead atoms. The Morgan fingerprint density at radius 1 is 1.27 bits per heavy atom. The van der Waals surface area contributed by atoms with Crippen molar-refractivity contribution in [2.24, 2.45) is 0 Å². The topological polar surface area (TPSA) is 112 Å². The maximum atomic E-state index is 13.5. The zero-order valence-corrected chi connectivity index (χ0v) is 20.4. The van der Waals surface area contributed by atoms with Gasteiger partial charge in [0.1, 0.15) is 16.9 Å². The predicted molar refractivity (Wildman–Crippen MR) is 131 cm³/mol. The van der Waals surface area contributed by atoms with Crippen molar-refractivity contribution in [3.8, 4) is 0 Å². The number of aromatic nitrogens is 3. The van der Waals surface area contributed by atoms with E-state index in [1.165, 1.54) is 0 Å². The molecule has 3 N–H and O–H groups in total. The van der Waals surface area contributed by atoms with Crippen LogP contribution in [0.5, 0.6) is 0 Å². The van der Waals surface area contributed by atoms with E-state index in [-0.39, 0.29) is 17.6 Å². The van der Waals surface area contributed by atoms with Crippen LogP contribution in [0.3, 0.4) is 0 Å². The quantitative estimate of drug-likeness (QED) is 0.473. The van der Waals surface area contributed by atoms with Crippen LogP contribution in [0.2, 0.25) is 0 Å². The molecule has 1 saturated heterocycles. The van der Waals surface area contributed by atoms with E-state index in [0.29, 0.717) is 33.4 Å². The smallest absolute Gasteiger partial charge is 0.415 e. The third-order valence-electron chi connectivity index (χ3n) is 5.24. The Balaban J connectivity index is 1.80. The number of nitrogens with one attached hydrogen (secondary N) is 3. The number of fused-ring (bicyclic) bond motifs is 1. The van der Waals surface area contributed by atoms with Gasteiger partial charge in [0.25, 0.3) is 5.91 Å². The Bertz CT molecular complexity index is 1150. The van der Waals surface area contributed by atoms with Crippen molar-refractivity contribution in [2.75, 3.05) is 23.3 Å². The fourth-order valence-corrected chi connectivity index (χ4v) is 4.35. The van der Waals surface area contributed by atoms with Gasteiger partial charge in [0.15, 0.2) is 0 Å². The summed E-state index contributed by atoms with van der Waals surface area (Å²) >= 11 is 3.59. The van der Waals surface area contributed by atoms with Crippen LogP contribution in [0, 0.1) is 0 Å². The first-order valence-electron chi connectivity index (χ1n) is 10.9. The van der Waals surface area contributed by atoms with E-state index in [9.17, 15) is 9.59 Å². The van der Waals surface area contributed by atoms with Crippen LogP contribution in [0.1, 0.15) is 44.1 Å². The van der Waals surface area contributed by atoms with Crippen LogP contribution in [0.15, 0.2) is 41.3 Å². The van der Waals surface area contributed by atoms with Crippen molar-refractivity contribution >= 4 is 50.3 Å². The highest BCUT2D eigenvalue weighted by molar-refractivity contribution is 9.10. The number of H-pyrrole nitrogens is 1. The molecule has 0 aliphatic carbocycles. The van der Waals surface area contributed by atoms with E-state index >= 15 is 0 Å². The summed E-state index contributed by atoms with van der Waals surface area (Å²) in [5, 5.41) is 6.89. The molecule has 0 saturated carbocycles. The normalized spacial score (nSPS) is 16.4. The summed E-state index contributed by atoms with van der Waals surface area (Å²) in [7, 11) is 0. The molecule has 174 valence electrons. The van der Waals surface area contributed by atoms with Crippen molar-refractivity contribution in [1.82, 2.24) is 20.3 Å². The fraction of sp³-hybridized carbons (Fsp3) is 0.391. The lowest BCUT2D eigenvalue weighted by Crippen LogP contribution is -2.50. The van der Waals surface area contributed by atoms with Crippen LogP contribution in [-0.4, -0.2) is 51.7 Å². The number of aromatic amines is 1. The summed E-state index contributed by atoms with van der Waals surface area (Å²) in [4.78, 5) is 39.6. The SMILES string of the molecule is CC(C)(C)OC(=O)N(c1c(Br)cnc2[nH]cc(NC(=O)c3ccccn3)c12)[C@@H]1CCCNC1. The molecule has 2 amide bonds. The molecule has 0 aromatic carbocycles. The molecule has 4 heterocycles. The number of hydrogen-bond acceptors (Lipinski definition) is 6. The van der Waals surface area contributed by atoms with Gasteiger partial charge in [-0.1, -0.05) is 6.07 Å². The van der Waals surface area contributed by atoms with E-state index in [1.54, 1.807) is 41.7 Å². The van der Waals surface area contributed by atoms with Gasteiger partial charge in [-0.3, -0.25) is 14.7 Å². The number of amides is 2. The second-order valence-electron chi connectivity index (χ2n) is 8.90. The monoisotopic (exact) mass is 514 g/mol. The number of piperidine rings is 1. The molecule has 0 radical (unpaired) electrons. The predicted octanol–water partition coefficient (Wildman–Crippen LogP) is 4.47. The number of rotatable bonds is 4. The molecule has 10 heteroatoms. The molecule has 1 atom stereocenters. The van der Waals surface area contributed by atoms with Crippen LogP contribution >= 0.6 is 15.9 Å². The van der Waals surface area contributed by atoms with E-state index in [4.69, 9.17) is 4.74 Å². The van der Waals surface area contributed by atoms with Gasteiger partial charge in [-0.2, -0.15) is 0 Å². The van der Waals surface area contributed by atoms with Crippen molar-refractivity contribution in [1.29, 1.82) is 0 Å². The highest BCUT2D eigenvalue weighted by Crippen LogP contribution is 2.40. The first kappa shape index (κ1) is 23.2. The second kappa shape index (κ2) is 9.48. The number of ether oxygens (including phenoxy) is 1. The van der Waals surface area contributed by atoms with Crippen molar-refractivity contribution in [3.05, 3.63) is 47.0 Å².